The smallest absolute Gasteiger partial charge is 0.321 e. The molecule has 2 unspecified atom stereocenters. The molecule has 0 bridgehead atoms. The van der Waals surface area contributed by atoms with E-state index in [1.54, 1.807) is 0 Å². The fourth-order valence-electron chi connectivity index (χ4n) is 3.81. The van der Waals surface area contributed by atoms with Gasteiger partial charge in [0.15, 0.2) is 17.9 Å². The molecule has 10 heteroatoms. The van der Waals surface area contributed by atoms with E-state index in [0.717, 1.165) is 51.5 Å². The van der Waals surface area contributed by atoms with E-state index in [0.29, 0.717) is 31.5 Å². The second-order valence-corrected chi connectivity index (χ2v) is 9.57. The second kappa shape index (κ2) is 22.9. The first-order valence-corrected chi connectivity index (χ1v) is 14.1. The van der Waals surface area contributed by atoms with Crippen molar-refractivity contribution in [3.63, 3.8) is 0 Å². The molecular weight excluding hydrogens is 454 g/mol. The lowest BCUT2D eigenvalue weighted by molar-refractivity contribution is 0.244. The fraction of sp³-hybridized carbons (Fsp3) is 0.846. The van der Waals surface area contributed by atoms with Crippen molar-refractivity contribution in [2.45, 2.75) is 105 Å². The van der Waals surface area contributed by atoms with E-state index in [1.165, 1.54) is 32.1 Å². The van der Waals surface area contributed by atoms with Crippen molar-refractivity contribution < 1.29 is 4.79 Å². The van der Waals surface area contributed by atoms with Gasteiger partial charge in [0, 0.05) is 26.2 Å². The summed E-state index contributed by atoms with van der Waals surface area (Å²) < 4.78 is 0. The summed E-state index contributed by atoms with van der Waals surface area (Å²) >= 11 is 0. The average Bonchev–Trinajstić information content (AvgIpc) is 2.85. The summed E-state index contributed by atoms with van der Waals surface area (Å²) in [6.07, 6.45) is 13.0. The highest BCUT2D eigenvalue weighted by Crippen LogP contribution is 2.11. The molecule has 2 atom stereocenters. The van der Waals surface area contributed by atoms with Gasteiger partial charge in [0.2, 0.25) is 0 Å². The Kier molecular flexibility index (Phi) is 21.3. The molecule has 0 aliphatic heterocycles. The number of amides is 2. The van der Waals surface area contributed by atoms with E-state index in [4.69, 9.17) is 16.2 Å². The lowest BCUT2D eigenvalue weighted by Crippen LogP contribution is -2.47. The topological polar surface area (TPSA) is 161 Å². The van der Waals surface area contributed by atoms with Crippen molar-refractivity contribution in [3.8, 4) is 0 Å². The fourth-order valence-corrected chi connectivity index (χ4v) is 3.81. The van der Waals surface area contributed by atoms with Gasteiger partial charge in [-0.05, 0) is 37.5 Å². The van der Waals surface area contributed by atoms with Gasteiger partial charge in [-0.1, -0.05) is 79.1 Å². The molecule has 0 saturated carbocycles. The highest BCUT2D eigenvalue weighted by molar-refractivity contribution is 5.95. The molecule has 0 aromatic carbocycles. The van der Waals surface area contributed by atoms with E-state index in [9.17, 15) is 4.79 Å². The van der Waals surface area contributed by atoms with Gasteiger partial charge in [-0.2, -0.15) is 0 Å². The van der Waals surface area contributed by atoms with Gasteiger partial charge in [0.1, 0.15) is 0 Å². The quantitative estimate of drug-likeness (QED) is 0.0713. The Balaban J connectivity index is 3.72. The summed E-state index contributed by atoms with van der Waals surface area (Å²) in [6.45, 7) is 11.4. The van der Waals surface area contributed by atoms with Crippen LogP contribution in [-0.2, 0) is 0 Å². The van der Waals surface area contributed by atoms with Crippen LogP contribution in [0.5, 0.6) is 0 Å². The monoisotopic (exact) mass is 509 g/mol. The zero-order valence-electron chi connectivity index (χ0n) is 23.4. The normalized spacial score (nSPS) is 12.2. The predicted molar refractivity (Wildman–Crippen MR) is 152 cm³/mol. The molecular formula is C26H55N9O. The number of hydrogen-bond donors (Lipinski definition) is 9. The van der Waals surface area contributed by atoms with Gasteiger partial charge in [0.25, 0.3) is 0 Å². The minimum atomic E-state index is -0.345. The van der Waals surface area contributed by atoms with Crippen LogP contribution in [0.25, 0.3) is 0 Å². The highest BCUT2D eigenvalue weighted by atomic mass is 16.2. The number of guanidine groups is 3. The molecule has 0 heterocycles. The molecule has 210 valence electrons. The summed E-state index contributed by atoms with van der Waals surface area (Å²) in [5.74, 6) is 1.44. The highest BCUT2D eigenvalue weighted by Gasteiger charge is 2.09. The maximum atomic E-state index is 11.9. The third-order valence-electron chi connectivity index (χ3n) is 6.40. The second-order valence-electron chi connectivity index (χ2n) is 9.57. The lowest BCUT2D eigenvalue weighted by Gasteiger charge is -2.17. The van der Waals surface area contributed by atoms with Crippen LogP contribution in [0.15, 0.2) is 0 Å². The molecule has 0 spiro atoms. The minimum absolute atomic E-state index is 0.0505. The molecule has 2 amide bonds. The van der Waals surface area contributed by atoms with Crippen LogP contribution >= 0.6 is 0 Å². The third kappa shape index (κ3) is 19.8. The summed E-state index contributed by atoms with van der Waals surface area (Å²) in [6, 6.07) is -0.345. The molecule has 9 N–H and O–H groups in total. The zero-order chi connectivity index (χ0) is 27.0. The van der Waals surface area contributed by atoms with Gasteiger partial charge < -0.3 is 21.3 Å². The minimum Gasteiger partial charge on any atom is -0.356 e. The number of nitrogens with one attached hydrogen (secondary N) is 9. The van der Waals surface area contributed by atoms with Gasteiger partial charge in [-0.3, -0.25) is 26.9 Å². The molecule has 10 nitrogen and oxygen atoms in total. The third-order valence-corrected chi connectivity index (χ3v) is 6.40. The Hall–Kier alpha value is -2.52. The van der Waals surface area contributed by atoms with Gasteiger partial charge in [-0.25, -0.2) is 4.79 Å². The van der Waals surface area contributed by atoms with Crippen molar-refractivity contribution in [2.75, 3.05) is 26.2 Å². The number of urea groups is 1. The van der Waals surface area contributed by atoms with E-state index in [1.807, 2.05) is 0 Å². The van der Waals surface area contributed by atoms with Crippen molar-refractivity contribution in [1.29, 1.82) is 16.2 Å². The van der Waals surface area contributed by atoms with Crippen molar-refractivity contribution in [1.82, 2.24) is 31.9 Å². The Morgan fingerprint density at radius 1 is 0.583 bits per heavy atom. The molecule has 0 aliphatic rings. The number of unbranched alkanes of at least 4 members (excludes halogenated alkanes) is 5. The van der Waals surface area contributed by atoms with Gasteiger partial charge in [0.05, 0.1) is 0 Å². The molecule has 0 aromatic rings. The molecule has 0 saturated heterocycles. The SMILES string of the molecule is CCCCC(CC)CNC(=N)NC(=N)NCCCCCCNC(=O)NC(=N)NCC(CC)CCCC. The first kappa shape index (κ1) is 33.5. The van der Waals surface area contributed by atoms with E-state index in [2.05, 4.69) is 59.6 Å². The molecule has 0 aliphatic carbocycles. The van der Waals surface area contributed by atoms with Crippen LogP contribution in [0.1, 0.15) is 105 Å². The van der Waals surface area contributed by atoms with E-state index >= 15 is 0 Å². The molecule has 0 rings (SSSR count). The summed E-state index contributed by atoms with van der Waals surface area (Å²) in [4.78, 5) is 11.9. The van der Waals surface area contributed by atoms with Gasteiger partial charge in [-0.15, -0.1) is 0 Å². The van der Waals surface area contributed by atoms with Crippen LogP contribution < -0.4 is 31.9 Å². The maximum absolute atomic E-state index is 11.9. The van der Waals surface area contributed by atoms with Gasteiger partial charge >= 0.3 is 6.03 Å². The Bertz CT molecular complexity index is 560. The maximum Gasteiger partial charge on any atom is 0.321 e. The largest absolute Gasteiger partial charge is 0.356 e. The van der Waals surface area contributed by atoms with E-state index < -0.39 is 0 Å². The standard InChI is InChI=1S/C26H55N9O/c1-5-9-15-21(7-3)19-32-24(28)34-23(27)30-17-13-11-12-14-18-31-26(36)35-25(29)33-20-22(8-4)16-10-6-2/h21-22H,5-20H2,1-4H3,(H5,27,28,30,32,34)(H4,29,31,33,35,36). The summed E-state index contributed by atoms with van der Waals surface area (Å²) in [5.41, 5.74) is 0. The Morgan fingerprint density at radius 3 is 1.50 bits per heavy atom. The number of hydrogen-bond acceptors (Lipinski definition) is 4. The zero-order valence-corrected chi connectivity index (χ0v) is 23.4. The predicted octanol–water partition coefficient (Wildman–Crippen LogP) is 4.44. The molecule has 0 aromatic heterocycles. The van der Waals surface area contributed by atoms with Crippen molar-refractivity contribution in [3.05, 3.63) is 0 Å². The van der Waals surface area contributed by atoms with E-state index in [-0.39, 0.29) is 23.9 Å². The van der Waals surface area contributed by atoms with Crippen LogP contribution in [-0.4, -0.2) is 50.1 Å². The lowest BCUT2D eigenvalue weighted by atomic mass is 9.99. The summed E-state index contributed by atoms with van der Waals surface area (Å²) in [5, 5.41) is 40.9. The molecule has 36 heavy (non-hydrogen) atoms. The molecule has 0 fully saturated rings. The Morgan fingerprint density at radius 2 is 1.03 bits per heavy atom. The van der Waals surface area contributed by atoms with Crippen molar-refractivity contribution >= 4 is 23.9 Å². The molecule has 0 radical (unpaired) electrons. The van der Waals surface area contributed by atoms with Crippen molar-refractivity contribution in [2.24, 2.45) is 11.8 Å². The number of rotatable bonds is 19. The van der Waals surface area contributed by atoms with Crippen LogP contribution in [0.3, 0.4) is 0 Å². The van der Waals surface area contributed by atoms with Crippen LogP contribution in [0, 0.1) is 28.1 Å². The average molecular weight is 510 g/mol. The van der Waals surface area contributed by atoms with Crippen LogP contribution in [0.2, 0.25) is 0 Å². The Labute approximate surface area is 219 Å². The summed E-state index contributed by atoms with van der Waals surface area (Å²) in [7, 11) is 0. The first-order valence-electron chi connectivity index (χ1n) is 14.1. The number of carbonyl (C=O) groups excluding carboxylic acids is 1. The number of carbonyl (C=O) groups is 1. The first-order chi connectivity index (χ1) is 17.4. The van der Waals surface area contributed by atoms with Crippen LogP contribution in [0.4, 0.5) is 4.79 Å².